The molecule has 112 valence electrons. The van der Waals surface area contributed by atoms with E-state index in [4.69, 9.17) is 11.6 Å². The van der Waals surface area contributed by atoms with E-state index in [0.717, 1.165) is 0 Å². The maximum atomic E-state index is 12.4. The molecule has 0 aliphatic carbocycles. The number of nitrogens with one attached hydrogen (secondary N) is 2. The molecule has 0 spiro atoms. The number of carbonyl (C=O) groups excluding carboxylic acids is 1. The molecule has 1 amide bonds. The van der Waals surface area contributed by atoms with Crippen LogP contribution in [-0.2, 0) is 4.79 Å². The fourth-order valence-corrected chi connectivity index (χ4v) is 2.16. The van der Waals surface area contributed by atoms with Gasteiger partial charge >= 0.3 is 6.61 Å². The number of benzene rings is 1. The van der Waals surface area contributed by atoms with E-state index in [1.165, 1.54) is 12.1 Å². The third-order valence-corrected chi connectivity index (χ3v) is 3.46. The molecule has 0 atom stereocenters. The number of halogens is 4. The van der Waals surface area contributed by atoms with Gasteiger partial charge in [0.15, 0.2) is 5.75 Å². The first-order chi connectivity index (χ1) is 9.17. The summed E-state index contributed by atoms with van der Waals surface area (Å²) in [5.74, 6) is -0.585. The fraction of sp³-hybridized carbons (Fsp3) is 0.417. The smallest absolute Gasteiger partial charge is 0.387 e. The van der Waals surface area contributed by atoms with Crippen molar-refractivity contribution in [3.63, 3.8) is 0 Å². The lowest BCUT2D eigenvalue weighted by Gasteiger charge is -2.24. The number of hydrogen-bond donors (Lipinski definition) is 2. The zero-order chi connectivity index (χ0) is 15.5. The number of hydrogen-bond acceptors (Lipinski definition) is 3. The number of rotatable bonds is 5. The minimum Gasteiger partial charge on any atom is -0.431 e. The normalized spacial score (nSPS) is 11.6. The number of alkyl halides is 2. The van der Waals surface area contributed by atoms with Crippen LogP contribution in [-0.4, -0.2) is 25.1 Å². The van der Waals surface area contributed by atoms with Gasteiger partial charge in [0, 0.05) is 5.02 Å². The number of amides is 1. The minimum absolute atomic E-state index is 0.0676. The first-order valence-electron chi connectivity index (χ1n) is 5.61. The van der Waals surface area contributed by atoms with Crippen LogP contribution in [0.2, 0.25) is 5.02 Å². The van der Waals surface area contributed by atoms with Gasteiger partial charge in [0.2, 0.25) is 5.91 Å². The van der Waals surface area contributed by atoms with Gasteiger partial charge in [-0.25, -0.2) is 0 Å². The highest BCUT2D eigenvalue weighted by Gasteiger charge is 2.27. The summed E-state index contributed by atoms with van der Waals surface area (Å²) < 4.78 is 29.5. The molecule has 0 aromatic heterocycles. The van der Waals surface area contributed by atoms with Crippen LogP contribution in [0.25, 0.3) is 0 Å². The first kappa shape index (κ1) is 17.1. The van der Waals surface area contributed by atoms with Gasteiger partial charge in [0.1, 0.15) is 0 Å². The molecule has 20 heavy (non-hydrogen) atoms. The SMILES string of the molecule is CNC(C)(C)C(=O)Nc1cc(Cl)cc(Br)c1OC(F)F. The van der Waals surface area contributed by atoms with Crippen LogP contribution >= 0.6 is 27.5 Å². The zero-order valence-electron chi connectivity index (χ0n) is 11.1. The molecule has 0 radical (unpaired) electrons. The van der Waals surface area contributed by atoms with Gasteiger partial charge in [0.05, 0.1) is 15.7 Å². The number of ether oxygens (including phenoxy) is 1. The lowest BCUT2D eigenvalue weighted by atomic mass is 10.1. The van der Waals surface area contributed by atoms with E-state index < -0.39 is 18.1 Å². The summed E-state index contributed by atoms with van der Waals surface area (Å²) in [5, 5.41) is 5.59. The summed E-state index contributed by atoms with van der Waals surface area (Å²) in [4.78, 5) is 12.1. The standard InChI is InChI=1S/C12H14BrClF2N2O2/c1-12(2,17-3)10(19)18-8-5-6(14)4-7(13)9(8)20-11(15)16/h4-5,11,17H,1-3H3,(H,18,19). The second-order valence-electron chi connectivity index (χ2n) is 4.47. The van der Waals surface area contributed by atoms with Crippen LogP contribution in [0, 0.1) is 0 Å². The highest BCUT2D eigenvalue weighted by molar-refractivity contribution is 9.10. The summed E-state index contributed by atoms with van der Waals surface area (Å²) in [6.07, 6.45) is 0. The summed E-state index contributed by atoms with van der Waals surface area (Å²) in [7, 11) is 1.62. The van der Waals surface area contributed by atoms with E-state index in [1.54, 1.807) is 20.9 Å². The molecule has 1 aromatic rings. The molecule has 0 bridgehead atoms. The second kappa shape index (κ2) is 6.69. The van der Waals surface area contributed by atoms with Crippen molar-refractivity contribution in [2.75, 3.05) is 12.4 Å². The molecule has 0 saturated carbocycles. The maximum Gasteiger partial charge on any atom is 0.387 e. The second-order valence-corrected chi connectivity index (χ2v) is 5.76. The molecule has 0 unspecified atom stereocenters. The Kier molecular flexibility index (Phi) is 5.73. The molecule has 0 saturated heterocycles. The van der Waals surface area contributed by atoms with Crippen LogP contribution < -0.4 is 15.4 Å². The molecule has 4 nitrogen and oxygen atoms in total. The Hall–Kier alpha value is -0.920. The van der Waals surface area contributed by atoms with Gasteiger partial charge in [-0.05, 0) is 49.0 Å². The number of anilines is 1. The Bertz CT molecular complexity index is 512. The van der Waals surface area contributed by atoms with E-state index in [-0.39, 0.29) is 20.9 Å². The Balaban J connectivity index is 3.13. The number of carbonyl (C=O) groups is 1. The Morgan fingerprint density at radius 1 is 1.45 bits per heavy atom. The molecule has 2 N–H and O–H groups in total. The van der Waals surface area contributed by atoms with Crippen molar-refractivity contribution in [3.05, 3.63) is 21.6 Å². The average molecular weight is 372 g/mol. The molecule has 0 heterocycles. The van der Waals surface area contributed by atoms with Crippen molar-refractivity contribution < 1.29 is 18.3 Å². The zero-order valence-corrected chi connectivity index (χ0v) is 13.4. The Morgan fingerprint density at radius 3 is 2.55 bits per heavy atom. The molecule has 0 aliphatic rings. The Labute approximate surface area is 128 Å². The molecule has 0 aliphatic heterocycles. The third-order valence-electron chi connectivity index (χ3n) is 2.66. The molecule has 1 rings (SSSR count). The average Bonchev–Trinajstić information content (AvgIpc) is 2.33. The highest BCUT2D eigenvalue weighted by Crippen LogP contribution is 2.37. The van der Waals surface area contributed by atoms with Gasteiger partial charge in [0.25, 0.3) is 0 Å². The topological polar surface area (TPSA) is 50.4 Å². The highest BCUT2D eigenvalue weighted by atomic mass is 79.9. The minimum atomic E-state index is -3.01. The van der Waals surface area contributed by atoms with E-state index in [1.807, 2.05) is 0 Å². The van der Waals surface area contributed by atoms with Crippen LogP contribution in [0.15, 0.2) is 16.6 Å². The van der Waals surface area contributed by atoms with Crippen molar-refractivity contribution in [2.24, 2.45) is 0 Å². The quantitative estimate of drug-likeness (QED) is 0.831. The van der Waals surface area contributed by atoms with Crippen molar-refractivity contribution in [1.82, 2.24) is 5.32 Å². The predicted octanol–water partition coefficient (Wildman–Crippen LogP) is 3.64. The van der Waals surface area contributed by atoms with Crippen molar-refractivity contribution in [1.29, 1.82) is 0 Å². The largest absolute Gasteiger partial charge is 0.431 e. The molecular weight excluding hydrogens is 357 g/mol. The predicted molar refractivity (Wildman–Crippen MR) is 77.6 cm³/mol. The summed E-state index contributed by atoms with van der Waals surface area (Å²) in [5.41, 5.74) is -0.810. The van der Waals surface area contributed by atoms with Crippen LogP contribution in [0.3, 0.4) is 0 Å². The van der Waals surface area contributed by atoms with E-state index >= 15 is 0 Å². The van der Waals surface area contributed by atoms with Gasteiger partial charge in [-0.2, -0.15) is 8.78 Å². The first-order valence-corrected chi connectivity index (χ1v) is 6.78. The lowest BCUT2D eigenvalue weighted by molar-refractivity contribution is -0.121. The van der Waals surface area contributed by atoms with Crippen LogP contribution in [0.4, 0.5) is 14.5 Å². The Morgan fingerprint density at radius 2 is 2.05 bits per heavy atom. The van der Waals surface area contributed by atoms with Gasteiger partial charge in [-0.1, -0.05) is 11.6 Å². The van der Waals surface area contributed by atoms with Crippen LogP contribution in [0.1, 0.15) is 13.8 Å². The maximum absolute atomic E-state index is 12.4. The monoisotopic (exact) mass is 370 g/mol. The number of likely N-dealkylation sites (N-methyl/N-ethyl adjacent to an activating group) is 1. The van der Waals surface area contributed by atoms with E-state index in [9.17, 15) is 13.6 Å². The van der Waals surface area contributed by atoms with E-state index in [0.29, 0.717) is 0 Å². The summed E-state index contributed by atoms with van der Waals surface area (Å²) >= 11 is 8.92. The van der Waals surface area contributed by atoms with Gasteiger partial charge in [-0.15, -0.1) is 0 Å². The van der Waals surface area contributed by atoms with Gasteiger partial charge < -0.3 is 15.4 Å². The fourth-order valence-electron chi connectivity index (χ4n) is 1.25. The summed E-state index contributed by atoms with van der Waals surface area (Å²) in [6, 6.07) is 2.74. The van der Waals surface area contributed by atoms with Crippen LogP contribution in [0.5, 0.6) is 5.75 Å². The lowest BCUT2D eigenvalue weighted by Crippen LogP contribution is -2.47. The summed E-state index contributed by atoms with van der Waals surface area (Å²) in [6.45, 7) is 0.283. The van der Waals surface area contributed by atoms with Crippen molar-refractivity contribution in [2.45, 2.75) is 26.0 Å². The molecule has 1 aromatic carbocycles. The van der Waals surface area contributed by atoms with E-state index in [2.05, 4.69) is 31.3 Å². The van der Waals surface area contributed by atoms with Crippen molar-refractivity contribution >= 4 is 39.1 Å². The van der Waals surface area contributed by atoms with Crippen molar-refractivity contribution in [3.8, 4) is 5.75 Å². The third kappa shape index (κ3) is 4.29. The van der Waals surface area contributed by atoms with Gasteiger partial charge in [-0.3, -0.25) is 4.79 Å². The molecule has 8 heteroatoms. The molecular formula is C12H14BrClF2N2O2. The molecule has 0 fully saturated rings.